The van der Waals surface area contributed by atoms with Crippen molar-refractivity contribution >= 4 is 34.7 Å². The van der Waals surface area contributed by atoms with Gasteiger partial charge in [0.15, 0.2) is 11.5 Å². The number of hydrogen-bond donors (Lipinski definition) is 1. The Hall–Kier alpha value is -2.29. The highest BCUT2D eigenvalue weighted by Gasteiger charge is 2.11. The number of hydrogen-bond acceptors (Lipinski definition) is 5. The lowest BCUT2D eigenvalue weighted by atomic mass is 10.2. The molecule has 0 saturated carbocycles. The summed E-state index contributed by atoms with van der Waals surface area (Å²) < 4.78 is 16.6. The molecule has 2 aromatic carbocycles. The number of ether oxygens (including phenoxy) is 3. The molecule has 0 radical (unpaired) electrons. The first kappa shape index (κ1) is 18.1. The summed E-state index contributed by atoms with van der Waals surface area (Å²) in [5.41, 5.74) is 3.72. The number of benzene rings is 2. The van der Waals surface area contributed by atoms with Crippen LogP contribution in [0.1, 0.15) is 15.9 Å². The van der Waals surface area contributed by atoms with Crippen LogP contribution >= 0.6 is 22.6 Å². The zero-order chi connectivity index (χ0) is 17.5. The average molecular weight is 440 g/mol. The Morgan fingerprint density at radius 1 is 1.04 bits per heavy atom. The minimum atomic E-state index is -0.282. The molecule has 0 unspecified atom stereocenters. The van der Waals surface area contributed by atoms with E-state index < -0.39 is 0 Å². The van der Waals surface area contributed by atoms with Gasteiger partial charge in [-0.2, -0.15) is 5.10 Å². The van der Waals surface area contributed by atoms with Crippen LogP contribution in [0.3, 0.4) is 0 Å². The van der Waals surface area contributed by atoms with Gasteiger partial charge in [-0.15, -0.1) is 0 Å². The van der Waals surface area contributed by atoms with E-state index in [1.165, 1.54) is 6.21 Å². The predicted molar refractivity (Wildman–Crippen MR) is 100 cm³/mol. The van der Waals surface area contributed by atoms with Crippen molar-refractivity contribution in [3.63, 3.8) is 0 Å². The average Bonchev–Trinajstić information content (AvgIpc) is 2.61. The minimum absolute atomic E-state index is 0.282. The molecule has 0 saturated heterocycles. The van der Waals surface area contributed by atoms with Gasteiger partial charge in [0, 0.05) is 15.2 Å². The molecule has 0 aromatic heterocycles. The molecule has 0 aliphatic carbocycles. The molecule has 2 rings (SSSR count). The highest BCUT2D eigenvalue weighted by atomic mass is 127. The molecular weight excluding hydrogens is 423 g/mol. The number of carbonyl (C=O) groups excluding carboxylic acids is 1. The molecule has 7 heteroatoms. The molecule has 0 spiro atoms. The Morgan fingerprint density at radius 3 is 2.29 bits per heavy atom. The van der Waals surface area contributed by atoms with Crippen molar-refractivity contribution in [2.45, 2.75) is 0 Å². The van der Waals surface area contributed by atoms with Crippen LogP contribution in [0.25, 0.3) is 0 Å². The van der Waals surface area contributed by atoms with Crippen LogP contribution < -0.4 is 19.6 Å². The molecule has 0 aliphatic rings. The highest BCUT2D eigenvalue weighted by molar-refractivity contribution is 14.1. The monoisotopic (exact) mass is 440 g/mol. The molecule has 0 bridgehead atoms. The van der Waals surface area contributed by atoms with E-state index in [-0.39, 0.29) is 5.91 Å². The van der Waals surface area contributed by atoms with Crippen molar-refractivity contribution in [3.8, 4) is 17.2 Å². The van der Waals surface area contributed by atoms with Crippen molar-refractivity contribution in [2.75, 3.05) is 21.3 Å². The molecule has 24 heavy (non-hydrogen) atoms. The van der Waals surface area contributed by atoms with Crippen LogP contribution in [0.15, 0.2) is 41.5 Å². The van der Waals surface area contributed by atoms with Crippen LogP contribution in [0.4, 0.5) is 0 Å². The number of hydrazone groups is 1. The fourth-order valence-corrected chi connectivity index (χ4v) is 2.65. The van der Waals surface area contributed by atoms with Crippen molar-refractivity contribution in [2.24, 2.45) is 5.10 Å². The van der Waals surface area contributed by atoms with Gasteiger partial charge in [0.05, 0.1) is 33.1 Å². The van der Waals surface area contributed by atoms with E-state index in [1.54, 1.807) is 45.6 Å². The molecule has 126 valence electrons. The molecule has 0 atom stereocenters. The van der Waals surface area contributed by atoms with Gasteiger partial charge in [0.1, 0.15) is 5.75 Å². The van der Waals surface area contributed by atoms with E-state index in [0.29, 0.717) is 28.4 Å². The maximum atomic E-state index is 12.1. The van der Waals surface area contributed by atoms with Gasteiger partial charge in [-0.1, -0.05) is 12.1 Å². The summed E-state index contributed by atoms with van der Waals surface area (Å²) in [5, 5.41) is 3.99. The molecule has 6 nitrogen and oxygen atoms in total. The smallest absolute Gasteiger partial charge is 0.272 e. The largest absolute Gasteiger partial charge is 0.496 e. The van der Waals surface area contributed by atoms with Gasteiger partial charge in [0.25, 0.3) is 5.91 Å². The van der Waals surface area contributed by atoms with Crippen LogP contribution in [0.2, 0.25) is 0 Å². The lowest BCUT2D eigenvalue weighted by Crippen LogP contribution is -2.18. The first-order valence-electron chi connectivity index (χ1n) is 6.98. The summed E-state index contributed by atoms with van der Waals surface area (Å²) in [5.74, 6) is 1.37. The van der Waals surface area contributed by atoms with E-state index in [9.17, 15) is 4.79 Å². The van der Waals surface area contributed by atoms with Crippen LogP contribution in [0.5, 0.6) is 17.2 Å². The summed E-state index contributed by atoms with van der Waals surface area (Å²) in [6, 6.07) is 10.7. The Labute approximate surface area is 153 Å². The normalized spacial score (nSPS) is 10.5. The number of halogens is 1. The molecule has 0 aliphatic heterocycles. The molecule has 2 aromatic rings. The fraction of sp³-hybridized carbons (Fsp3) is 0.176. The summed E-state index contributed by atoms with van der Waals surface area (Å²) in [6.07, 6.45) is 1.49. The number of methoxy groups -OCH3 is 3. The van der Waals surface area contributed by atoms with E-state index in [2.05, 4.69) is 33.1 Å². The molecule has 1 amide bonds. The standard InChI is InChI=1S/C17H17IN2O4/c1-22-14-9-16(24-3)15(23-2)8-11(14)10-19-20-17(21)12-6-4-5-7-13(12)18/h4-10H,1-3H3,(H,20,21). The van der Waals surface area contributed by atoms with Gasteiger partial charge in [0.2, 0.25) is 0 Å². The number of nitrogens with zero attached hydrogens (tertiary/aromatic N) is 1. The summed E-state index contributed by atoms with van der Waals surface area (Å²) in [4.78, 5) is 12.1. The van der Waals surface area contributed by atoms with Crippen molar-refractivity contribution in [3.05, 3.63) is 51.1 Å². The number of nitrogens with one attached hydrogen (secondary N) is 1. The fourth-order valence-electron chi connectivity index (χ4n) is 2.02. The van der Waals surface area contributed by atoms with Crippen molar-refractivity contribution in [1.82, 2.24) is 5.43 Å². The Morgan fingerprint density at radius 2 is 1.67 bits per heavy atom. The first-order chi connectivity index (χ1) is 11.6. The number of rotatable bonds is 6. The Balaban J connectivity index is 2.19. The second kappa shape index (κ2) is 8.53. The second-order valence-electron chi connectivity index (χ2n) is 4.63. The maximum Gasteiger partial charge on any atom is 0.272 e. The van der Waals surface area contributed by atoms with Gasteiger partial charge in [-0.05, 0) is 40.8 Å². The van der Waals surface area contributed by atoms with Gasteiger partial charge in [-0.25, -0.2) is 5.43 Å². The van der Waals surface area contributed by atoms with E-state index in [1.807, 2.05) is 12.1 Å². The summed E-state index contributed by atoms with van der Waals surface area (Å²) in [6.45, 7) is 0. The highest BCUT2D eigenvalue weighted by Crippen LogP contribution is 2.33. The molecular formula is C17H17IN2O4. The van der Waals surface area contributed by atoms with Crippen LogP contribution in [-0.4, -0.2) is 33.5 Å². The van der Waals surface area contributed by atoms with Gasteiger partial charge < -0.3 is 14.2 Å². The van der Waals surface area contributed by atoms with Crippen LogP contribution in [-0.2, 0) is 0 Å². The van der Waals surface area contributed by atoms with Gasteiger partial charge >= 0.3 is 0 Å². The van der Waals surface area contributed by atoms with Gasteiger partial charge in [-0.3, -0.25) is 4.79 Å². The zero-order valence-corrected chi connectivity index (χ0v) is 15.7. The summed E-state index contributed by atoms with van der Waals surface area (Å²) >= 11 is 2.10. The SMILES string of the molecule is COc1cc(OC)c(OC)cc1C=NNC(=O)c1ccccc1I. The Bertz CT molecular complexity index is 762. The molecule has 1 N–H and O–H groups in total. The predicted octanol–water partition coefficient (Wildman–Crippen LogP) is 3.08. The quantitative estimate of drug-likeness (QED) is 0.426. The Kier molecular flexibility index (Phi) is 6.42. The molecule has 0 heterocycles. The second-order valence-corrected chi connectivity index (χ2v) is 5.79. The summed E-state index contributed by atoms with van der Waals surface area (Å²) in [7, 11) is 4.64. The van der Waals surface area contributed by atoms with Crippen molar-refractivity contribution < 1.29 is 19.0 Å². The number of amides is 1. The topological polar surface area (TPSA) is 69.2 Å². The lowest BCUT2D eigenvalue weighted by molar-refractivity contribution is 0.0954. The van der Waals surface area contributed by atoms with E-state index in [4.69, 9.17) is 14.2 Å². The third kappa shape index (κ3) is 4.16. The van der Waals surface area contributed by atoms with Crippen molar-refractivity contribution in [1.29, 1.82) is 0 Å². The van der Waals surface area contributed by atoms with Crippen LogP contribution in [0, 0.1) is 3.57 Å². The molecule has 0 fully saturated rings. The zero-order valence-electron chi connectivity index (χ0n) is 13.5. The third-order valence-corrected chi connectivity index (χ3v) is 4.16. The maximum absolute atomic E-state index is 12.1. The number of carbonyl (C=O) groups is 1. The first-order valence-corrected chi connectivity index (χ1v) is 8.06. The minimum Gasteiger partial charge on any atom is -0.496 e. The lowest BCUT2D eigenvalue weighted by Gasteiger charge is -2.11. The van der Waals surface area contributed by atoms with E-state index >= 15 is 0 Å². The third-order valence-electron chi connectivity index (χ3n) is 3.22. The van der Waals surface area contributed by atoms with E-state index in [0.717, 1.165) is 3.57 Å².